The maximum atomic E-state index is 12.3. The SMILES string of the molecule is CC1=C(S)C(N)=CCC1NC(=O)C1CCC(N)CC1. The topological polar surface area (TPSA) is 81.1 Å². The third kappa shape index (κ3) is 3.34. The van der Waals surface area contributed by atoms with Crippen molar-refractivity contribution in [3.05, 3.63) is 22.3 Å². The van der Waals surface area contributed by atoms with Gasteiger partial charge in [-0.1, -0.05) is 6.08 Å². The van der Waals surface area contributed by atoms with E-state index in [4.69, 9.17) is 11.5 Å². The van der Waals surface area contributed by atoms with Crippen LogP contribution in [-0.2, 0) is 4.79 Å². The molecule has 0 heterocycles. The van der Waals surface area contributed by atoms with E-state index >= 15 is 0 Å². The Labute approximate surface area is 120 Å². The minimum absolute atomic E-state index is 0.0305. The van der Waals surface area contributed by atoms with Crippen LogP contribution in [0.3, 0.4) is 0 Å². The molecule has 1 unspecified atom stereocenters. The second-order valence-electron chi connectivity index (χ2n) is 5.60. The maximum Gasteiger partial charge on any atom is 0.223 e. The van der Waals surface area contributed by atoms with Gasteiger partial charge in [-0.3, -0.25) is 4.79 Å². The minimum atomic E-state index is 0.0305. The van der Waals surface area contributed by atoms with Gasteiger partial charge in [0.2, 0.25) is 5.91 Å². The van der Waals surface area contributed by atoms with Gasteiger partial charge in [-0.2, -0.15) is 0 Å². The molecule has 1 saturated carbocycles. The Kier molecular flexibility index (Phi) is 4.58. The molecule has 2 rings (SSSR count). The molecule has 0 bridgehead atoms. The summed E-state index contributed by atoms with van der Waals surface area (Å²) in [6.07, 6.45) is 6.36. The number of carbonyl (C=O) groups is 1. The van der Waals surface area contributed by atoms with Crippen LogP contribution in [0.1, 0.15) is 39.0 Å². The van der Waals surface area contributed by atoms with Crippen LogP contribution in [0.2, 0.25) is 0 Å². The van der Waals surface area contributed by atoms with Gasteiger partial charge >= 0.3 is 0 Å². The smallest absolute Gasteiger partial charge is 0.223 e. The average Bonchev–Trinajstić information content (AvgIpc) is 2.40. The highest BCUT2D eigenvalue weighted by atomic mass is 32.1. The molecule has 5 heteroatoms. The lowest BCUT2D eigenvalue weighted by Gasteiger charge is -2.29. The molecule has 0 aromatic rings. The fourth-order valence-electron chi connectivity index (χ4n) is 2.75. The van der Waals surface area contributed by atoms with Crippen LogP contribution < -0.4 is 16.8 Å². The van der Waals surface area contributed by atoms with Gasteiger partial charge in [-0.15, -0.1) is 12.6 Å². The molecule has 2 aliphatic carbocycles. The van der Waals surface area contributed by atoms with Crippen LogP contribution in [0.5, 0.6) is 0 Å². The molecule has 0 aromatic carbocycles. The predicted molar refractivity (Wildman–Crippen MR) is 80.4 cm³/mol. The first-order valence-electron chi connectivity index (χ1n) is 6.90. The van der Waals surface area contributed by atoms with Crippen molar-refractivity contribution in [1.29, 1.82) is 0 Å². The number of hydrogen-bond donors (Lipinski definition) is 4. The van der Waals surface area contributed by atoms with Crippen LogP contribution in [0.4, 0.5) is 0 Å². The van der Waals surface area contributed by atoms with Gasteiger partial charge in [-0.25, -0.2) is 0 Å². The lowest BCUT2D eigenvalue weighted by molar-refractivity contribution is -0.126. The molecule has 5 N–H and O–H groups in total. The lowest BCUT2D eigenvalue weighted by atomic mass is 9.85. The van der Waals surface area contributed by atoms with Gasteiger partial charge in [0.1, 0.15) is 0 Å². The van der Waals surface area contributed by atoms with E-state index in [-0.39, 0.29) is 23.9 Å². The van der Waals surface area contributed by atoms with E-state index in [0.29, 0.717) is 5.70 Å². The Balaban J connectivity index is 1.93. The summed E-state index contributed by atoms with van der Waals surface area (Å²) < 4.78 is 0. The number of rotatable bonds is 2. The molecule has 1 atom stereocenters. The first-order valence-corrected chi connectivity index (χ1v) is 7.35. The zero-order chi connectivity index (χ0) is 14.0. The molecular weight excluding hydrogens is 258 g/mol. The van der Waals surface area contributed by atoms with Gasteiger partial charge < -0.3 is 16.8 Å². The summed E-state index contributed by atoms with van der Waals surface area (Å²) in [7, 11) is 0. The number of carbonyl (C=O) groups excluding carboxylic acids is 1. The fourth-order valence-corrected chi connectivity index (χ4v) is 3.00. The molecule has 0 spiro atoms. The Morgan fingerprint density at radius 1 is 1.37 bits per heavy atom. The van der Waals surface area contributed by atoms with Crippen molar-refractivity contribution in [1.82, 2.24) is 5.32 Å². The molecule has 1 fully saturated rings. The summed E-state index contributed by atoms with van der Waals surface area (Å²) in [5.74, 6) is 0.255. The number of nitrogens with one attached hydrogen (secondary N) is 1. The van der Waals surface area contributed by atoms with Crippen molar-refractivity contribution in [2.45, 2.75) is 51.1 Å². The quantitative estimate of drug-likeness (QED) is 0.578. The minimum Gasteiger partial charge on any atom is -0.398 e. The molecule has 0 aliphatic heterocycles. The van der Waals surface area contributed by atoms with Gasteiger partial charge in [-0.05, 0) is 44.6 Å². The number of nitrogens with two attached hydrogens (primary N) is 2. The van der Waals surface area contributed by atoms with E-state index in [1.807, 2.05) is 13.0 Å². The van der Waals surface area contributed by atoms with Crippen molar-refractivity contribution < 1.29 is 4.79 Å². The second-order valence-corrected chi connectivity index (χ2v) is 6.05. The molecule has 19 heavy (non-hydrogen) atoms. The van der Waals surface area contributed by atoms with Crippen LogP contribution in [0.25, 0.3) is 0 Å². The zero-order valence-electron chi connectivity index (χ0n) is 11.4. The molecule has 1 amide bonds. The van der Waals surface area contributed by atoms with Crippen LogP contribution in [-0.4, -0.2) is 18.0 Å². The average molecular weight is 281 g/mol. The van der Waals surface area contributed by atoms with E-state index in [0.717, 1.165) is 42.6 Å². The van der Waals surface area contributed by atoms with E-state index in [9.17, 15) is 4.79 Å². The summed E-state index contributed by atoms with van der Waals surface area (Å²) in [6.45, 7) is 1.98. The zero-order valence-corrected chi connectivity index (χ0v) is 12.2. The number of hydrogen-bond acceptors (Lipinski definition) is 4. The maximum absolute atomic E-state index is 12.3. The summed E-state index contributed by atoms with van der Waals surface area (Å²) in [6, 6.07) is 0.301. The predicted octanol–water partition coefficient (Wildman–Crippen LogP) is 1.44. The Bertz CT molecular complexity index is 422. The second kappa shape index (κ2) is 6.01. The summed E-state index contributed by atoms with van der Waals surface area (Å²) in [4.78, 5) is 13.0. The highest BCUT2D eigenvalue weighted by Crippen LogP contribution is 2.27. The van der Waals surface area contributed by atoms with Gasteiger partial charge in [0.15, 0.2) is 0 Å². The first-order chi connectivity index (χ1) is 8.99. The van der Waals surface area contributed by atoms with Gasteiger partial charge in [0.25, 0.3) is 0 Å². The van der Waals surface area contributed by atoms with Crippen LogP contribution in [0, 0.1) is 5.92 Å². The van der Waals surface area contributed by atoms with E-state index in [2.05, 4.69) is 17.9 Å². The Morgan fingerprint density at radius 2 is 2.00 bits per heavy atom. The number of thiol groups is 1. The molecule has 2 aliphatic rings. The van der Waals surface area contributed by atoms with E-state index < -0.39 is 0 Å². The summed E-state index contributed by atoms with van der Waals surface area (Å²) in [5, 5.41) is 3.12. The molecule has 4 nitrogen and oxygen atoms in total. The van der Waals surface area contributed by atoms with E-state index in [1.54, 1.807) is 0 Å². The number of amides is 1. The van der Waals surface area contributed by atoms with Crippen molar-refractivity contribution >= 4 is 18.5 Å². The van der Waals surface area contributed by atoms with Crippen molar-refractivity contribution in [2.24, 2.45) is 17.4 Å². The standard InChI is InChI=1S/C14H23N3OS/c1-8-12(7-6-11(16)13(8)19)17-14(18)9-2-4-10(15)5-3-9/h6,9-10,12,19H,2-5,7,15-16H2,1H3,(H,17,18). The molecule has 0 saturated heterocycles. The van der Waals surface area contributed by atoms with E-state index in [1.165, 1.54) is 0 Å². The summed E-state index contributed by atoms with van der Waals surface area (Å²) in [5.41, 5.74) is 13.4. The van der Waals surface area contributed by atoms with Crippen molar-refractivity contribution in [3.8, 4) is 0 Å². The van der Waals surface area contributed by atoms with Gasteiger partial charge in [0, 0.05) is 22.6 Å². The van der Waals surface area contributed by atoms with Gasteiger partial charge in [0.05, 0.1) is 6.04 Å². The van der Waals surface area contributed by atoms with Crippen LogP contribution in [0.15, 0.2) is 22.3 Å². The summed E-state index contributed by atoms with van der Waals surface area (Å²) >= 11 is 4.39. The Morgan fingerprint density at radius 3 is 2.63 bits per heavy atom. The van der Waals surface area contributed by atoms with Crippen molar-refractivity contribution in [3.63, 3.8) is 0 Å². The molecule has 106 valence electrons. The molecule has 0 aromatic heterocycles. The highest BCUT2D eigenvalue weighted by Gasteiger charge is 2.27. The lowest BCUT2D eigenvalue weighted by Crippen LogP contribution is -2.42. The highest BCUT2D eigenvalue weighted by molar-refractivity contribution is 7.84. The van der Waals surface area contributed by atoms with Crippen molar-refractivity contribution in [2.75, 3.05) is 0 Å². The molecular formula is C14H23N3OS. The van der Waals surface area contributed by atoms with Crippen LogP contribution >= 0.6 is 12.6 Å². The largest absolute Gasteiger partial charge is 0.398 e. The Hall–Kier alpha value is -0.940. The first kappa shape index (κ1) is 14.5. The third-order valence-electron chi connectivity index (χ3n) is 4.20. The third-order valence-corrected chi connectivity index (χ3v) is 4.81. The normalized spacial score (nSPS) is 31.9. The monoisotopic (exact) mass is 281 g/mol. The molecule has 0 radical (unpaired) electrons. The fraction of sp³-hybridized carbons (Fsp3) is 0.643.